The zero-order valence-corrected chi connectivity index (χ0v) is 16.1. The van der Waals surface area contributed by atoms with Gasteiger partial charge in [-0.25, -0.2) is 0 Å². The molecule has 0 unspecified atom stereocenters. The van der Waals surface area contributed by atoms with Crippen LogP contribution in [0.4, 0.5) is 0 Å². The molecule has 0 amide bonds. The van der Waals surface area contributed by atoms with E-state index < -0.39 is 0 Å². The van der Waals surface area contributed by atoms with Crippen molar-refractivity contribution in [1.82, 2.24) is 0 Å². The Morgan fingerprint density at radius 2 is 1.32 bits per heavy atom. The van der Waals surface area contributed by atoms with E-state index in [4.69, 9.17) is 9.47 Å². The van der Waals surface area contributed by atoms with E-state index in [2.05, 4.69) is 32.9 Å². The molecule has 0 aliphatic carbocycles. The molecule has 2 aromatic rings. The maximum absolute atomic E-state index is 5.90. The minimum Gasteiger partial charge on any atom is -0.458 e. The standard InChI is InChI=1S/C21H24O2.C2H6/c1-4-6-8-18(7-5-2)22-20-13-15-21(16-14-20)23-19-11-9-17(3)10-12-19;1-2/h6-16H,4-5H2,1-3H3;1-2H3/b8-6-,18-7+;. The van der Waals surface area contributed by atoms with E-state index in [9.17, 15) is 0 Å². The van der Waals surface area contributed by atoms with Crippen LogP contribution in [-0.2, 0) is 0 Å². The van der Waals surface area contributed by atoms with Gasteiger partial charge in [-0.15, -0.1) is 0 Å². The monoisotopic (exact) mass is 338 g/mol. The normalized spacial score (nSPS) is 11.0. The van der Waals surface area contributed by atoms with Gasteiger partial charge in [-0.1, -0.05) is 51.5 Å². The third-order valence-corrected chi connectivity index (χ3v) is 3.24. The molecule has 0 aliphatic heterocycles. The Kier molecular flexibility index (Phi) is 9.84. The molecule has 0 aliphatic rings. The highest BCUT2D eigenvalue weighted by Gasteiger charge is 2.00. The summed E-state index contributed by atoms with van der Waals surface area (Å²) in [4.78, 5) is 0. The minimum absolute atomic E-state index is 0.798. The second-order valence-electron chi connectivity index (χ2n) is 5.31. The summed E-state index contributed by atoms with van der Waals surface area (Å²) in [5.74, 6) is 3.32. The number of hydrogen-bond acceptors (Lipinski definition) is 2. The first-order valence-corrected chi connectivity index (χ1v) is 9.10. The van der Waals surface area contributed by atoms with Crippen molar-refractivity contribution in [1.29, 1.82) is 0 Å². The van der Waals surface area contributed by atoms with Gasteiger partial charge in [0.15, 0.2) is 0 Å². The fraction of sp³-hybridized carbons (Fsp3) is 0.304. The van der Waals surface area contributed by atoms with Crippen LogP contribution in [0.2, 0.25) is 0 Å². The number of ether oxygens (including phenoxy) is 2. The van der Waals surface area contributed by atoms with Crippen LogP contribution in [0.25, 0.3) is 0 Å². The molecule has 134 valence electrons. The Bertz CT molecular complexity index is 649. The average molecular weight is 338 g/mol. The lowest BCUT2D eigenvalue weighted by Crippen LogP contribution is -1.92. The SMILES string of the molecule is CC.CC/C=C\C(=C/CC)Oc1ccc(Oc2ccc(C)cc2)cc1. The van der Waals surface area contributed by atoms with Crippen LogP contribution in [0.5, 0.6) is 17.2 Å². The summed E-state index contributed by atoms with van der Waals surface area (Å²) in [7, 11) is 0. The average Bonchev–Trinajstić information content (AvgIpc) is 2.65. The van der Waals surface area contributed by atoms with Crippen molar-refractivity contribution in [2.75, 3.05) is 0 Å². The number of allylic oxidation sites excluding steroid dienone is 3. The Morgan fingerprint density at radius 3 is 1.84 bits per heavy atom. The fourth-order valence-corrected chi connectivity index (χ4v) is 2.03. The van der Waals surface area contributed by atoms with Gasteiger partial charge >= 0.3 is 0 Å². The summed E-state index contributed by atoms with van der Waals surface area (Å²) in [5, 5.41) is 0. The van der Waals surface area contributed by atoms with E-state index in [1.165, 1.54) is 5.56 Å². The molecular weight excluding hydrogens is 308 g/mol. The van der Waals surface area contributed by atoms with Gasteiger partial charge in [0.1, 0.15) is 23.0 Å². The number of hydrogen-bond donors (Lipinski definition) is 0. The van der Waals surface area contributed by atoms with E-state index in [0.29, 0.717) is 0 Å². The molecule has 0 radical (unpaired) electrons. The Labute approximate surface area is 152 Å². The molecule has 0 bridgehead atoms. The first kappa shape index (κ1) is 20.6. The van der Waals surface area contributed by atoms with Gasteiger partial charge in [0.05, 0.1) is 0 Å². The van der Waals surface area contributed by atoms with Gasteiger partial charge in [-0.05, 0) is 68.3 Å². The van der Waals surface area contributed by atoms with E-state index in [-0.39, 0.29) is 0 Å². The van der Waals surface area contributed by atoms with Crippen molar-refractivity contribution < 1.29 is 9.47 Å². The lowest BCUT2D eigenvalue weighted by molar-refractivity contribution is 0.438. The maximum Gasteiger partial charge on any atom is 0.127 e. The van der Waals surface area contributed by atoms with Crippen molar-refractivity contribution in [2.24, 2.45) is 0 Å². The summed E-state index contributed by atoms with van der Waals surface area (Å²) in [5.41, 5.74) is 1.22. The van der Waals surface area contributed by atoms with Crippen LogP contribution in [0.15, 0.2) is 72.5 Å². The molecule has 0 N–H and O–H groups in total. The largest absolute Gasteiger partial charge is 0.458 e. The highest BCUT2D eigenvalue weighted by Crippen LogP contribution is 2.25. The molecule has 0 saturated heterocycles. The van der Waals surface area contributed by atoms with E-state index in [1.54, 1.807) is 0 Å². The zero-order valence-electron chi connectivity index (χ0n) is 16.1. The summed E-state index contributed by atoms with van der Waals surface area (Å²) in [6.45, 7) is 10.3. The highest BCUT2D eigenvalue weighted by molar-refractivity contribution is 5.37. The summed E-state index contributed by atoms with van der Waals surface area (Å²) in [6, 6.07) is 15.7. The number of aryl methyl sites for hydroxylation is 1. The van der Waals surface area contributed by atoms with Crippen molar-refractivity contribution in [3.05, 3.63) is 78.1 Å². The van der Waals surface area contributed by atoms with Crippen molar-refractivity contribution in [3.63, 3.8) is 0 Å². The van der Waals surface area contributed by atoms with Gasteiger partial charge in [0, 0.05) is 0 Å². The van der Waals surface area contributed by atoms with Crippen LogP contribution in [0, 0.1) is 6.92 Å². The topological polar surface area (TPSA) is 18.5 Å². The van der Waals surface area contributed by atoms with Gasteiger partial charge in [0.2, 0.25) is 0 Å². The third kappa shape index (κ3) is 7.75. The number of rotatable bonds is 7. The van der Waals surface area contributed by atoms with Crippen LogP contribution in [0.3, 0.4) is 0 Å². The lowest BCUT2D eigenvalue weighted by atomic mass is 10.2. The smallest absolute Gasteiger partial charge is 0.127 e. The molecule has 0 heterocycles. The predicted molar refractivity (Wildman–Crippen MR) is 107 cm³/mol. The van der Waals surface area contributed by atoms with E-state index >= 15 is 0 Å². The van der Waals surface area contributed by atoms with Crippen molar-refractivity contribution in [3.8, 4) is 17.2 Å². The summed E-state index contributed by atoms with van der Waals surface area (Å²) < 4.78 is 11.7. The molecule has 0 fully saturated rings. The second-order valence-corrected chi connectivity index (χ2v) is 5.31. The second kappa shape index (κ2) is 12.0. The van der Waals surface area contributed by atoms with Crippen molar-refractivity contribution >= 4 is 0 Å². The number of benzene rings is 2. The Morgan fingerprint density at radius 1 is 0.800 bits per heavy atom. The van der Waals surface area contributed by atoms with Crippen LogP contribution in [0.1, 0.15) is 46.1 Å². The molecule has 2 heteroatoms. The lowest BCUT2D eigenvalue weighted by Gasteiger charge is -2.09. The molecule has 0 saturated carbocycles. The van der Waals surface area contributed by atoms with Crippen LogP contribution < -0.4 is 9.47 Å². The first-order valence-electron chi connectivity index (χ1n) is 9.10. The third-order valence-electron chi connectivity index (χ3n) is 3.24. The van der Waals surface area contributed by atoms with Crippen LogP contribution >= 0.6 is 0 Å². The highest BCUT2D eigenvalue weighted by atomic mass is 16.5. The molecule has 25 heavy (non-hydrogen) atoms. The summed E-state index contributed by atoms with van der Waals surface area (Å²) in [6.07, 6.45) is 8.12. The zero-order chi connectivity index (χ0) is 18.5. The molecule has 0 atom stereocenters. The molecule has 2 rings (SSSR count). The van der Waals surface area contributed by atoms with E-state index in [1.807, 2.05) is 68.5 Å². The van der Waals surface area contributed by atoms with Gasteiger partial charge < -0.3 is 9.47 Å². The van der Waals surface area contributed by atoms with Gasteiger partial charge in [-0.2, -0.15) is 0 Å². The quantitative estimate of drug-likeness (QED) is 0.385. The molecule has 0 aromatic heterocycles. The van der Waals surface area contributed by atoms with Gasteiger partial charge in [0.25, 0.3) is 0 Å². The first-order chi connectivity index (χ1) is 12.2. The Balaban J connectivity index is 0.00000151. The van der Waals surface area contributed by atoms with Crippen molar-refractivity contribution in [2.45, 2.75) is 47.5 Å². The molecule has 2 aromatic carbocycles. The summed E-state index contributed by atoms with van der Waals surface area (Å²) >= 11 is 0. The minimum atomic E-state index is 0.798. The Hall–Kier alpha value is -2.48. The molecule has 2 nitrogen and oxygen atoms in total. The fourth-order valence-electron chi connectivity index (χ4n) is 2.03. The predicted octanol–water partition coefficient (Wildman–Crippen LogP) is 7.45. The molecule has 0 spiro atoms. The van der Waals surface area contributed by atoms with E-state index in [0.717, 1.165) is 35.8 Å². The van der Waals surface area contributed by atoms with Crippen LogP contribution in [-0.4, -0.2) is 0 Å². The maximum atomic E-state index is 5.90. The molecular formula is C23H30O2. The van der Waals surface area contributed by atoms with Gasteiger partial charge in [-0.3, -0.25) is 0 Å².